The maximum Gasteiger partial charge on any atom is 0.0806 e. The number of allylic oxidation sites excluding steroid dienone is 5. The summed E-state index contributed by atoms with van der Waals surface area (Å²) in [5, 5.41) is 1.84. The Labute approximate surface area is 178 Å². The van der Waals surface area contributed by atoms with Gasteiger partial charge in [0.25, 0.3) is 0 Å². The van der Waals surface area contributed by atoms with Crippen molar-refractivity contribution in [2.24, 2.45) is 0 Å². The lowest BCUT2D eigenvalue weighted by Gasteiger charge is -2.27. The highest BCUT2D eigenvalue weighted by atomic mass is 16.5. The number of ether oxygens (including phenoxy) is 4. The van der Waals surface area contributed by atoms with E-state index in [1.54, 1.807) is 28.4 Å². The highest BCUT2D eigenvalue weighted by molar-refractivity contribution is 5.27. The highest BCUT2D eigenvalue weighted by Gasteiger charge is 2.23. The summed E-state index contributed by atoms with van der Waals surface area (Å²) in [4.78, 5) is 0. The summed E-state index contributed by atoms with van der Waals surface area (Å²) in [7, 11) is 10.7. The standard InChI is InChI=1S/C24H43NO4/c1-10-11-21(26-6)15-22(27-7)16-23(28-8)17-24(29-9)19(3)14-18(2)12-13-20(4)25-5/h10,12-14,21-24H,1,5,11,15-17,25H2,2-4,6-9H3. The summed E-state index contributed by atoms with van der Waals surface area (Å²) in [6.07, 6.45) is 11.5. The van der Waals surface area contributed by atoms with E-state index in [1.807, 2.05) is 18.3 Å². The zero-order valence-corrected chi connectivity index (χ0v) is 19.6. The van der Waals surface area contributed by atoms with E-state index in [9.17, 15) is 0 Å². The summed E-state index contributed by atoms with van der Waals surface area (Å²) >= 11 is 0. The van der Waals surface area contributed by atoms with Gasteiger partial charge in [-0.15, -0.1) is 13.6 Å². The zero-order valence-electron chi connectivity index (χ0n) is 19.6. The van der Waals surface area contributed by atoms with Gasteiger partial charge in [-0.05, 0) is 38.3 Å². The summed E-state index contributed by atoms with van der Waals surface area (Å²) in [5.41, 5.74) is 3.47. The maximum atomic E-state index is 5.76. The molecular formula is C24H43NO4. The molecule has 2 N–H and O–H groups in total. The molecule has 4 atom stereocenters. The molecule has 0 bridgehead atoms. The Kier molecular flexibility index (Phi) is 15.8. The zero-order chi connectivity index (χ0) is 22.2. The summed E-state index contributed by atoms with van der Waals surface area (Å²) < 4.78 is 22.7. The molecule has 0 aliphatic rings. The third-order valence-corrected chi connectivity index (χ3v) is 5.14. The van der Waals surface area contributed by atoms with Crippen molar-refractivity contribution in [3.05, 3.63) is 54.8 Å². The number of nitrogens with two attached hydrogens (primary N) is 1. The molecule has 0 radical (unpaired) electrons. The van der Waals surface area contributed by atoms with E-state index in [0.717, 1.165) is 31.4 Å². The quantitative estimate of drug-likeness (QED) is 0.238. The van der Waals surface area contributed by atoms with Gasteiger partial charge in [0.2, 0.25) is 0 Å². The van der Waals surface area contributed by atoms with Gasteiger partial charge in [-0.3, -0.25) is 0 Å². The monoisotopic (exact) mass is 409 g/mol. The minimum absolute atomic E-state index is 0.0170. The topological polar surface area (TPSA) is 53.5 Å². The first-order valence-corrected chi connectivity index (χ1v) is 10.2. The second-order valence-electron chi connectivity index (χ2n) is 7.44. The van der Waals surface area contributed by atoms with Crippen LogP contribution in [0.4, 0.5) is 0 Å². The molecule has 29 heavy (non-hydrogen) atoms. The molecule has 0 spiro atoms. The molecule has 0 aromatic heterocycles. The van der Waals surface area contributed by atoms with Crippen molar-refractivity contribution in [3.8, 4) is 0 Å². The fourth-order valence-corrected chi connectivity index (χ4v) is 3.18. The van der Waals surface area contributed by atoms with Gasteiger partial charge in [-0.25, -0.2) is 0 Å². The van der Waals surface area contributed by atoms with Gasteiger partial charge in [0.1, 0.15) is 0 Å². The fourth-order valence-electron chi connectivity index (χ4n) is 3.18. The van der Waals surface area contributed by atoms with Gasteiger partial charge >= 0.3 is 0 Å². The Bertz CT molecular complexity index is 539. The fraction of sp³-hybridized carbons (Fsp3) is 0.625. The van der Waals surface area contributed by atoms with Crippen molar-refractivity contribution in [1.82, 2.24) is 0 Å². The summed E-state index contributed by atoms with van der Waals surface area (Å²) in [6.45, 7) is 10.0. The third-order valence-electron chi connectivity index (χ3n) is 5.14. The third kappa shape index (κ3) is 12.1. The first-order chi connectivity index (χ1) is 13.8. The van der Waals surface area contributed by atoms with Crippen LogP contribution in [0, 0.1) is 7.05 Å². The smallest absolute Gasteiger partial charge is 0.0806 e. The Hall–Kier alpha value is -1.24. The van der Waals surface area contributed by atoms with Gasteiger partial charge in [0, 0.05) is 48.2 Å². The van der Waals surface area contributed by atoms with Crippen molar-refractivity contribution in [1.29, 1.82) is 0 Å². The first kappa shape index (κ1) is 27.8. The van der Waals surface area contributed by atoms with E-state index in [0.29, 0.717) is 0 Å². The average molecular weight is 410 g/mol. The molecule has 0 aliphatic heterocycles. The van der Waals surface area contributed by atoms with E-state index >= 15 is 0 Å². The molecule has 0 aliphatic carbocycles. The number of methoxy groups -OCH3 is 4. The Morgan fingerprint density at radius 3 is 1.90 bits per heavy atom. The second kappa shape index (κ2) is 16.5. The molecule has 0 aromatic carbocycles. The van der Waals surface area contributed by atoms with Gasteiger partial charge in [-0.2, -0.15) is 0 Å². The molecule has 5 nitrogen and oxygen atoms in total. The summed E-state index contributed by atoms with van der Waals surface area (Å²) in [5.74, 6) is 0. The largest absolute Gasteiger partial charge is 0.450 e. The molecule has 0 amide bonds. The minimum Gasteiger partial charge on any atom is -0.450 e. The number of hydrogen-bond acceptors (Lipinski definition) is 4. The van der Waals surface area contributed by atoms with E-state index in [1.165, 1.54) is 11.1 Å². The van der Waals surface area contributed by atoms with E-state index in [-0.39, 0.29) is 24.4 Å². The Balaban J connectivity index is 5.07. The van der Waals surface area contributed by atoms with E-state index < -0.39 is 0 Å². The molecule has 5 heteroatoms. The molecular weight excluding hydrogens is 366 g/mol. The van der Waals surface area contributed by atoms with Gasteiger partial charge in [0.05, 0.1) is 30.1 Å². The molecule has 0 aromatic rings. The van der Waals surface area contributed by atoms with Gasteiger partial charge in [-0.1, -0.05) is 23.8 Å². The van der Waals surface area contributed by atoms with Crippen molar-refractivity contribution >= 4 is 0 Å². The van der Waals surface area contributed by atoms with Crippen LogP contribution in [0.3, 0.4) is 0 Å². The highest BCUT2D eigenvalue weighted by Crippen LogP contribution is 2.21. The SMILES string of the molecule is C=CCC(CC(CC(CC(OC)C(C)=CC(C)=CC=C(C)[NH2+][CH2-])OC)OC)OC. The number of rotatable bonds is 16. The van der Waals surface area contributed by atoms with Crippen LogP contribution < -0.4 is 5.32 Å². The second-order valence-corrected chi connectivity index (χ2v) is 7.44. The molecule has 0 rings (SSSR count). The van der Waals surface area contributed by atoms with Crippen LogP contribution in [0.2, 0.25) is 0 Å². The van der Waals surface area contributed by atoms with Gasteiger partial charge in [0.15, 0.2) is 0 Å². The molecule has 0 fully saturated rings. The molecule has 168 valence electrons. The maximum absolute atomic E-state index is 5.76. The molecule has 4 unspecified atom stereocenters. The first-order valence-electron chi connectivity index (χ1n) is 10.2. The summed E-state index contributed by atoms with van der Waals surface area (Å²) in [6, 6.07) is 0. The van der Waals surface area contributed by atoms with Crippen molar-refractivity contribution in [2.45, 2.75) is 70.9 Å². The number of quaternary nitrogens is 1. The lowest BCUT2D eigenvalue weighted by molar-refractivity contribution is -0.542. The Morgan fingerprint density at radius 1 is 0.862 bits per heavy atom. The van der Waals surface area contributed by atoms with Crippen LogP contribution in [0.15, 0.2) is 47.7 Å². The van der Waals surface area contributed by atoms with Crippen LogP contribution in [-0.4, -0.2) is 52.9 Å². The van der Waals surface area contributed by atoms with Crippen LogP contribution in [-0.2, 0) is 18.9 Å². The molecule has 0 saturated heterocycles. The number of hydrogen-bond donors (Lipinski definition) is 1. The predicted octanol–water partition coefficient (Wildman–Crippen LogP) is 3.94. The van der Waals surface area contributed by atoms with Crippen molar-refractivity contribution in [3.63, 3.8) is 0 Å². The van der Waals surface area contributed by atoms with E-state index in [4.69, 9.17) is 18.9 Å². The van der Waals surface area contributed by atoms with E-state index in [2.05, 4.69) is 45.7 Å². The van der Waals surface area contributed by atoms with Crippen molar-refractivity contribution < 1.29 is 24.3 Å². The molecule has 0 heterocycles. The van der Waals surface area contributed by atoms with Crippen LogP contribution >= 0.6 is 0 Å². The van der Waals surface area contributed by atoms with Crippen LogP contribution in [0.1, 0.15) is 46.5 Å². The lowest BCUT2D eigenvalue weighted by atomic mass is 9.96. The Morgan fingerprint density at radius 2 is 1.41 bits per heavy atom. The molecule has 0 saturated carbocycles. The predicted molar refractivity (Wildman–Crippen MR) is 120 cm³/mol. The van der Waals surface area contributed by atoms with Crippen LogP contribution in [0.5, 0.6) is 0 Å². The normalized spacial score (nSPS) is 17.7. The van der Waals surface area contributed by atoms with Gasteiger partial charge < -0.3 is 24.3 Å². The minimum atomic E-state index is -0.0170. The lowest BCUT2D eigenvalue weighted by Crippen LogP contribution is -2.73. The average Bonchev–Trinajstić information content (AvgIpc) is 2.73. The van der Waals surface area contributed by atoms with Crippen molar-refractivity contribution in [2.75, 3.05) is 28.4 Å². The van der Waals surface area contributed by atoms with Crippen LogP contribution in [0.25, 0.3) is 0 Å².